The van der Waals surface area contributed by atoms with Crippen LogP contribution < -0.4 is 14.8 Å². The molecular formula is C19H22FNO3. The third kappa shape index (κ3) is 4.98. The van der Waals surface area contributed by atoms with Gasteiger partial charge in [-0.25, -0.2) is 4.39 Å². The smallest absolute Gasteiger partial charge is 0.260 e. The minimum atomic E-state index is -0.670. The molecule has 0 saturated heterocycles. The van der Waals surface area contributed by atoms with E-state index >= 15 is 0 Å². The van der Waals surface area contributed by atoms with Crippen molar-refractivity contribution in [2.75, 3.05) is 13.2 Å². The van der Waals surface area contributed by atoms with Gasteiger partial charge in [0.25, 0.3) is 5.91 Å². The maximum absolute atomic E-state index is 12.8. The number of rotatable bonds is 7. The second kappa shape index (κ2) is 8.34. The van der Waals surface area contributed by atoms with Crippen LogP contribution in [-0.2, 0) is 4.79 Å². The van der Waals surface area contributed by atoms with Crippen molar-refractivity contribution < 1.29 is 18.7 Å². The van der Waals surface area contributed by atoms with Crippen LogP contribution in [0, 0.1) is 19.7 Å². The molecule has 0 bridgehead atoms. The molecule has 2 aromatic carbocycles. The van der Waals surface area contributed by atoms with Crippen LogP contribution in [0.5, 0.6) is 11.5 Å². The molecule has 0 aromatic heterocycles. The Bertz CT molecular complexity index is 686. The van der Waals surface area contributed by atoms with Gasteiger partial charge >= 0.3 is 0 Å². The Morgan fingerprint density at radius 1 is 1.17 bits per heavy atom. The molecular weight excluding hydrogens is 309 g/mol. The van der Waals surface area contributed by atoms with E-state index in [1.165, 1.54) is 24.3 Å². The number of ether oxygens (including phenoxy) is 2. The molecule has 1 unspecified atom stereocenters. The zero-order valence-electron chi connectivity index (χ0n) is 14.1. The predicted molar refractivity (Wildman–Crippen MR) is 90.9 cm³/mol. The highest BCUT2D eigenvalue weighted by atomic mass is 19.1. The summed E-state index contributed by atoms with van der Waals surface area (Å²) in [4.78, 5) is 12.0. The number of aryl methyl sites for hydroxylation is 1. The molecule has 0 aliphatic heterocycles. The molecule has 0 fully saturated rings. The van der Waals surface area contributed by atoms with Crippen molar-refractivity contribution in [2.24, 2.45) is 0 Å². The highest BCUT2D eigenvalue weighted by Gasteiger charge is 2.14. The van der Waals surface area contributed by atoms with E-state index in [1.54, 1.807) is 6.92 Å². The Morgan fingerprint density at radius 2 is 1.88 bits per heavy atom. The second-order valence-corrected chi connectivity index (χ2v) is 5.55. The largest absolute Gasteiger partial charge is 0.491 e. The fraction of sp³-hybridized carbons (Fsp3) is 0.316. The van der Waals surface area contributed by atoms with Crippen molar-refractivity contribution >= 4 is 5.91 Å². The summed E-state index contributed by atoms with van der Waals surface area (Å²) < 4.78 is 24.0. The van der Waals surface area contributed by atoms with E-state index in [1.807, 2.05) is 32.0 Å². The van der Waals surface area contributed by atoms with E-state index in [4.69, 9.17) is 9.47 Å². The minimum absolute atomic E-state index is 0.246. The summed E-state index contributed by atoms with van der Waals surface area (Å²) in [6.07, 6.45) is -0.670. The number of nitrogens with one attached hydrogen (secondary N) is 1. The quantitative estimate of drug-likeness (QED) is 0.791. The highest BCUT2D eigenvalue weighted by Crippen LogP contribution is 2.20. The van der Waals surface area contributed by atoms with E-state index in [2.05, 4.69) is 5.32 Å². The molecule has 1 atom stereocenters. The number of carbonyl (C=O) groups is 1. The number of carbonyl (C=O) groups excluding carboxylic acids is 1. The number of amides is 1. The Morgan fingerprint density at radius 3 is 2.58 bits per heavy atom. The van der Waals surface area contributed by atoms with Crippen molar-refractivity contribution in [1.29, 1.82) is 0 Å². The lowest BCUT2D eigenvalue weighted by Gasteiger charge is -2.15. The molecule has 0 saturated carbocycles. The SMILES string of the molecule is Cc1cccc(OCCNC(=O)C(C)Oc2ccc(F)cc2)c1C. The van der Waals surface area contributed by atoms with Gasteiger partial charge in [-0.05, 0) is 62.2 Å². The van der Waals surface area contributed by atoms with Crippen molar-refractivity contribution in [1.82, 2.24) is 5.32 Å². The lowest BCUT2D eigenvalue weighted by molar-refractivity contribution is -0.127. The average molecular weight is 331 g/mol. The first-order valence-electron chi connectivity index (χ1n) is 7.86. The molecule has 0 spiro atoms. The van der Waals surface area contributed by atoms with Crippen molar-refractivity contribution in [3.63, 3.8) is 0 Å². The third-order valence-corrected chi connectivity index (χ3v) is 3.71. The summed E-state index contributed by atoms with van der Waals surface area (Å²) >= 11 is 0. The van der Waals surface area contributed by atoms with Gasteiger partial charge in [0, 0.05) is 0 Å². The normalized spacial score (nSPS) is 11.7. The Labute approximate surface area is 141 Å². The zero-order chi connectivity index (χ0) is 17.5. The van der Waals surface area contributed by atoms with Crippen molar-refractivity contribution in [2.45, 2.75) is 26.9 Å². The van der Waals surface area contributed by atoms with Gasteiger partial charge < -0.3 is 14.8 Å². The molecule has 2 rings (SSSR count). The summed E-state index contributed by atoms with van der Waals surface area (Å²) in [7, 11) is 0. The second-order valence-electron chi connectivity index (χ2n) is 5.55. The standard InChI is InChI=1S/C19H22FNO3/c1-13-5-4-6-18(14(13)2)23-12-11-21-19(22)15(3)24-17-9-7-16(20)8-10-17/h4-10,15H,11-12H2,1-3H3,(H,21,22). The molecule has 24 heavy (non-hydrogen) atoms. The maximum Gasteiger partial charge on any atom is 0.260 e. The minimum Gasteiger partial charge on any atom is -0.491 e. The third-order valence-electron chi connectivity index (χ3n) is 3.71. The highest BCUT2D eigenvalue weighted by molar-refractivity contribution is 5.80. The lowest BCUT2D eigenvalue weighted by atomic mass is 10.1. The van der Waals surface area contributed by atoms with Crippen LogP contribution in [0.2, 0.25) is 0 Å². The van der Waals surface area contributed by atoms with E-state index in [0.717, 1.165) is 16.9 Å². The number of hydrogen-bond acceptors (Lipinski definition) is 3. The van der Waals surface area contributed by atoms with Gasteiger partial charge in [-0.15, -0.1) is 0 Å². The van der Waals surface area contributed by atoms with E-state index in [0.29, 0.717) is 18.9 Å². The first kappa shape index (κ1) is 17.8. The molecule has 0 heterocycles. The van der Waals surface area contributed by atoms with Crippen LogP contribution in [0.4, 0.5) is 4.39 Å². The first-order chi connectivity index (χ1) is 11.5. The van der Waals surface area contributed by atoms with Crippen LogP contribution in [0.15, 0.2) is 42.5 Å². The zero-order valence-corrected chi connectivity index (χ0v) is 14.1. The fourth-order valence-electron chi connectivity index (χ4n) is 2.13. The van der Waals surface area contributed by atoms with Gasteiger partial charge in [0.2, 0.25) is 0 Å². The fourth-order valence-corrected chi connectivity index (χ4v) is 2.13. The van der Waals surface area contributed by atoms with E-state index in [9.17, 15) is 9.18 Å². The van der Waals surface area contributed by atoms with Crippen molar-refractivity contribution in [3.05, 3.63) is 59.4 Å². The van der Waals surface area contributed by atoms with Crippen LogP contribution >= 0.6 is 0 Å². The molecule has 128 valence electrons. The average Bonchev–Trinajstić information content (AvgIpc) is 2.57. The number of hydrogen-bond donors (Lipinski definition) is 1. The summed E-state index contributed by atoms with van der Waals surface area (Å²) in [6, 6.07) is 11.4. The Hall–Kier alpha value is -2.56. The van der Waals surface area contributed by atoms with Crippen LogP contribution in [0.3, 0.4) is 0 Å². The van der Waals surface area contributed by atoms with Gasteiger partial charge in [-0.2, -0.15) is 0 Å². The topological polar surface area (TPSA) is 47.6 Å². The van der Waals surface area contributed by atoms with Gasteiger partial charge in [0.05, 0.1) is 6.54 Å². The summed E-state index contributed by atoms with van der Waals surface area (Å²) in [5.41, 5.74) is 2.26. The molecule has 1 N–H and O–H groups in total. The predicted octanol–water partition coefficient (Wildman–Crippen LogP) is 3.41. The first-order valence-corrected chi connectivity index (χ1v) is 7.86. The van der Waals surface area contributed by atoms with Gasteiger partial charge in [0.15, 0.2) is 6.10 Å². The molecule has 2 aromatic rings. The number of benzene rings is 2. The van der Waals surface area contributed by atoms with Gasteiger partial charge in [-0.3, -0.25) is 4.79 Å². The summed E-state index contributed by atoms with van der Waals surface area (Å²) in [5.74, 6) is 0.678. The Balaban J connectivity index is 1.74. The molecule has 4 nitrogen and oxygen atoms in total. The van der Waals surface area contributed by atoms with Crippen LogP contribution in [0.25, 0.3) is 0 Å². The van der Waals surface area contributed by atoms with Crippen LogP contribution in [-0.4, -0.2) is 25.2 Å². The Kier molecular flexibility index (Phi) is 6.18. The van der Waals surface area contributed by atoms with E-state index < -0.39 is 6.10 Å². The molecule has 0 aliphatic rings. The van der Waals surface area contributed by atoms with Gasteiger partial charge in [-0.1, -0.05) is 12.1 Å². The molecule has 0 aliphatic carbocycles. The lowest BCUT2D eigenvalue weighted by Crippen LogP contribution is -2.38. The molecule has 0 radical (unpaired) electrons. The van der Waals surface area contributed by atoms with E-state index in [-0.39, 0.29) is 11.7 Å². The van der Waals surface area contributed by atoms with Crippen molar-refractivity contribution in [3.8, 4) is 11.5 Å². The summed E-state index contributed by atoms with van der Waals surface area (Å²) in [5, 5.41) is 2.76. The molecule has 5 heteroatoms. The number of halogens is 1. The van der Waals surface area contributed by atoms with Crippen LogP contribution in [0.1, 0.15) is 18.1 Å². The monoisotopic (exact) mass is 331 g/mol. The molecule has 1 amide bonds. The maximum atomic E-state index is 12.8. The summed E-state index contributed by atoms with van der Waals surface area (Å²) in [6.45, 7) is 6.42. The van der Waals surface area contributed by atoms with Gasteiger partial charge in [0.1, 0.15) is 23.9 Å².